The van der Waals surface area contributed by atoms with Crippen LogP contribution in [0.5, 0.6) is 0 Å². The van der Waals surface area contributed by atoms with Crippen LogP contribution in [0.1, 0.15) is 6.42 Å². The van der Waals surface area contributed by atoms with Crippen molar-refractivity contribution in [2.75, 3.05) is 4.55 Å². The van der Waals surface area contributed by atoms with E-state index >= 15 is 0 Å². The van der Waals surface area contributed by atoms with Crippen molar-refractivity contribution in [1.29, 1.82) is 0 Å². The second kappa shape index (κ2) is 4.08. The van der Waals surface area contributed by atoms with E-state index in [4.69, 9.17) is 5.73 Å². The summed E-state index contributed by atoms with van der Waals surface area (Å²) in [5, 5.41) is 0. The summed E-state index contributed by atoms with van der Waals surface area (Å²) in [7, 11) is 0. The van der Waals surface area contributed by atoms with Crippen LogP contribution in [0.15, 0.2) is 21.8 Å². The normalized spacial score (nSPS) is 25.0. The van der Waals surface area contributed by atoms with Crippen LogP contribution in [0, 0.1) is 0 Å². The fourth-order valence-electron chi connectivity index (χ4n) is 0.785. The molecule has 0 aromatic heterocycles. The van der Waals surface area contributed by atoms with E-state index in [1.807, 2.05) is 12.2 Å². The molecular weight excluding hydrogens is 244 g/mol. The van der Waals surface area contributed by atoms with Gasteiger partial charge in [-0.1, -0.05) is 0 Å². The first-order valence-corrected chi connectivity index (χ1v) is 5.75. The van der Waals surface area contributed by atoms with E-state index in [2.05, 4.69) is 0 Å². The average molecular weight is 254 g/mol. The molecule has 1 rings (SSSR count). The summed E-state index contributed by atoms with van der Waals surface area (Å²) in [6, 6.07) is 0. The molecule has 1 nitrogen and oxygen atoms in total. The molecule has 0 aromatic carbocycles. The van der Waals surface area contributed by atoms with Gasteiger partial charge in [-0.05, 0) is 0 Å². The Kier molecular flexibility index (Phi) is 3.34. The second-order valence-corrected chi connectivity index (χ2v) is 4.88. The van der Waals surface area contributed by atoms with Gasteiger partial charge >= 0.3 is 70.3 Å². The monoisotopic (exact) mass is 254 g/mol. The second-order valence-electron chi connectivity index (χ2n) is 1.99. The minimum atomic E-state index is -0.758. The van der Waals surface area contributed by atoms with Gasteiger partial charge < -0.3 is 0 Å². The molecule has 0 aromatic rings. The number of halogens is 2. The van der Waals surface area contributed by atoms with E-state index in [0.29, 0.717) is 11.0 Å². The molecule has 0 bridgehead atoms. The van der Waals surface area contributed by atoms with Crippen molar-refractivity contribution in [3.05, 3.63) is 21.8 Å². The third-order valence-electron chi connectivity index (χ3n) is 1.21. The molecule has 3 heteroatoms. The third-order valence-corrected chi connectivity index (χ3v) is 3.25. The average Bonchev–Trinajstić information content (AvgIpc) is 1.88. The van der Waals surface area contributed by atoms with Crippen LogP contribution in [-0.4, -0.2) is 10.7 Å². The molecule has 58 valence electrons. The Morgan fingerprint density at radius 3 is 3.20 bits per heavy atom. The van der Waals surface area contributed by atoms with Crippen molar-refractivity contribution in [3.8, 4) is 0 Å². The first kappa shape index (κ1) is 8.20. The fraction of sp³-hybridized carbons (Fsp3) is 0.429. The first-order chi connectivity index (χ1) is 4.83. The number of hydrogen-bond acceptors (Lipinski definition) is 1. The maximum absolute atomic E-state index is 12.6. The van der Waals surface area contributed by atoms with E-state index in [-0.39, 0.29) is 21.2 Å². The Bertz CT molecular complexity index is 165. The summed E-state index contributed by atoms with van der Waals surface area (Å²) in [6.45, 7) is 0. The molecule has 0 saturated heterocycles. The SMILES string of the molecule is NC[I-]C1=CC(F)CC=C1. The summed E-state index contributed by atoms with van der Waals surface area (Å²) < 4.78 is 14.5. The van der Waals surface area contributed by atoms with Crippen LogP contribution in [0.4, 0.5) is 4.39 Å². The Balaban J connectivity index is 2.49. The molecule has 10 heavy (non-hydrogen) atoms. The number of hydrogen-bond donors (Lipinski definition) is 1. The van der Waals surface area contributed by atoms with Crippen molar-refractivity contribution < 1.29 is 25.6 Å². The van der Waals surface area contributed by atoms with Gasteiger partial charge in [0.1, 0.15) is 0 Å². The Morgan fingerprint density at radius 1 is 1.80 bits per heavy atom. The number of nitrogens with two attached hydrogens (primary N) is 1. The van der Waals surface area contributed by atoms with E-state index in [9.17, 15) is 4.39 Å². The van der Waals surface area contributed by atoms with Gasteiger partial charge in [-0.3, -0.25) is 0 Å². The zero-order chi connectivity index (χ0) is 7.40. The van der Waals surface area contributed by atoms with Crippen LogP contribution in [-0.2, 0) is 0 Å². The summed E-state index contributed by atoms with van der Waals surface area (Å²) in [6.07, 6.45) is 5.36. The van der Waals surface area contributed by atoms with Crippen molar-refractivity contribution >= 4 is 0 Å². The molecule has 0 radical (unpaired) electrons. The Labute approximate surface area is 70.4 Å². The van der Waals surface area contributed by atoms with Gasteiger partial charge in [-0.2, -0.15) is 0 Å². The van der Waals surface area contributed by atoms with E-state index < -0.39 is 6.17 Å². The van der Waals surface area contributed by atoms with Crippen molar-refractivity contribution in [2.24, 2.45) is 5.73 Å². The Morgan fingerprint density at radius 2 is 2.60 bits per heavy atom. The molecule has 1 aliphatic rings. The molecule has 0 saturated carbocycles. The van der Waals surface area contributed by atoms with Crippen LogP contribution < -0.4 is 26.9 Å². The van der Waals surface area contributed by atoms with E-state index in [1.165, 1.54) is 0 Å². The van der Waals surface area contributed by atoms with Crippen molar-refractivity contribution in [2.45, 2.75) is 12.6 Å². The predicted molar refractivity (Wildman–Crippen MR) is 35.8 cm³/mol. The summed E-state index contributed by atoms with van der Waals surface area (Å²) in [4.78, 5) is 0. The Hall–Kier alpha value is 0.1000. The molecule has 0 aliphatic heterocycles. The van der Waals surface area contributed by atoms with Gasteiger partial charge in [0.05, 0.1) is 0 Å². The quantitative estimate of drug-likeness (QED) is 0.350. The number of allylic oxidation sites excluding steroid dienone is 4. The minimum absolute atomic E-state index is 0.108. The predicted octanol–water partition coefficient (Wildman–Crippen LogP) is -1.83. The van der Waals surface area contributed by atoms with E-state index in [1.54, 1.807) is 6.08 Å². The van der Waals surface area contributed by atoms with Crippen LogP contribution in [0.3, 0.4) is 0 Å². The van der Waals surface area contributed by atoms with Gasteiger partial charge in [-0.15, -0.1) is 0 Å². The number of alkyl halides is 2. The van der Waals surface area contributed by atoms with Crippen LogP contribution >= 0.6 is 0 Å². The molecule has 1 atom stereocenters. The molecule has 1 aliphatic carbocycles. The van der Waals surface area contributed by atoms with Crippen LogP contribution in [0.2, 0.25) is 0 Å². The third kappa shape index (κ3) is 2.38. The van der Waals surface area contributed by atoms with Gasteiger partial charge in [0.25, 0.3) is 0 Å². The summed E-state index contributed by atoms with van der Waals surface area (Å²) in [5.74, 6) is 0. The fourth-order valence-corrected chi connectivity index (χ4v) is 2.45. The van der Waals surface area contributed by atoms with Gasteiger partial charge in [0, 0.05) is 0 Å². The summed E-state index contributed by atoms with van der Waals surface area (Å²) in [5.41, 5.74) is 5.36. The zero-order valence-corrected chi connectivity index (χ0v) is 7.71. The maximum atomic E-state index is 12.6. The van der Waals surface area contributed by atoms with Crippen molar-refractivity contribution in [1.82, 2.24) is 0 Å². The number of rotatable bonds is 2. The molecule has 0 heterocycles. The molecule has 1 unspecified atom stereocenters. The van der Waals surface area contributed by atoms with Gasteiger partial charge in [0.15, 0.2) is 0 Å². The van der Waals surface area contributed by atoms with Gasteiger partial charge in [0.2, 0.25) is 0 Å². The standard InChI is InChI=1S/C7H10FIN/c8-6-2-1-3-7(4-6)9-5-10/h1,3-4,6H,2,5,10H2/q-1. The van der Waals surface area contributed by atoms with Crippen LogP contribution in [0.25, 0.3) is 0 Å². The molecule has 2 N–H and O–H groups in total. The van der Waals surface area contributed by atoms with Crippen molar-refractivity contribution in [3.63, 3.8) is 0 Å². The van der Waals surface area contributed by atoms with Gasteiger partial charge in [-0.25, -0.2) is 0 Å². The summed E-state index contributed by atoms with van der Waals surface area (Å²) >= 11 is -0.108. The topological polar surface area (TPSA) is 26.0 Å². The molecule has 0 amide bonds. The first-order valence-electron chi connectivity index (χ1n) is 3.14. The van der Waals surface area contributed by atoms with E-state index in [0.717, 1.165) is 3.58 Å². The zero-order valence-electron chi connectivity index (χ0n) is 5.56. The molecular formula is C7H10FIN-. The molecule has 0 spiro atoms. The molecule has 0 fully saturated rings.